The maximum atomic E-state index is 4.54. The van der Waals surface area contributed by atoms with Crippen molar-refractivity contribution < 1.29 is 0 Å². The Labute approximate surface area is 103 Å². The van der Waals surface area contributed by atoms with Crippen LogP contribution in [-0.4, -0.2) is 27.8 Å². The molecule has 0 bridgehead atoms. The third kappa shape index (κ3) is 3.83. The molecule has 1 aromatic rings. The molecule has 16 heavy (non-hydrogen) atoms. The number of aromatic nitrogens is 2. The molecule has 92 valence electrons. The molecule has 0 aliphatic rings. The quantitative estimate of drug-likeness (QED) is 0.794. The maximum absolute atomic E-state index is 4.54. The van der Waals surface area contributed by atoms with Crippen LogP contribution in [-0.2, 0) is 19.5 Å². The maximum Gasteiger partial charge on any atom is 0.0625 e. The molecular weight excluding hydrogens is 218 g/mol. The summed E-state index contributed by atoms with van der Waals surface area (Å²) in [6, 6.07) is 2.21. The minimum Gasteiger partial charge on any atom is -0.310 e. The van der Waals surface area contributed by atoms with Crippen molar-refractivity contribution in [3.63, 3.8) is 0 Å². The Hall–Kier alpha value is -0.480. The van der Waals surface area contributed by atoms with Crippen LogP contribution < -0.4 is 5.32 Å². The van der Waals surface area contributed by atoms with Gasteiger partial charge >= 0.3 is 0 Å². The number of thioether (sulfide) groups is 1. The molecule has 1 unspecified atom stereocenters. The standard InChI is InChI=1S/C12H23N3S/c1-5-11-7-12(15(6-2)14-11)9-13-8-10(3)16-4/h7,10,13H,5-6,8-9H2,1-4H3. The highest BCUT2D eigenvalue weighted by Gasteiger charge is 2.05. The molecular formula is C12H23N3S. The lowest BCUT2D eigenvalue weighted by atomic mass is 10.3. The molecule has 0 amide bonds. The predicted octanol–water partition coefficient (Wildman–Crippen LogP) is 2.31. The lowest BCUT2D eigenvalue weighted by Crippen LogP contribution is -2.23. The third-order valence-electron chi connectivity index (χ3n) is 2.72. The summed E-state index contributed by atoms with van der Waals surface area (Å²) >= 11 is 1.89. The molecule has 1 atom stereocenters. The number of aryl methyl sites for hydroxylation is 2. The number of rotatable bonds is 7. The predicted molar refractivity (Wildman–Crippen MR) is 72.0 cm³/mol. The minimum absolute atomic E-state index is 0.670. The lowest BCUT2D eigenvalue weighted by molar-refractivity contribution is 0.578. The fraction of sp³-hybridized carbons (Fsp3) is 0.750. The van der Waals surface area contributed by atoms with E-state index in [0.717, 1.165) is 26.1 Å². The SMILES string of the molecule is CCc1cc(CNCC(C)SC)n(CC)n1. The first-order chi connectivity index (χ1) is 7.71. The van der Waals surface area contributed by atoms with E-state index in [0.29, 0.717) is 5.25 Å². The van der Waals surface area contributed by atoms with Gasteiger partial charge < -0.3 is 5.32 Å². The Morgan fingerprint density at radius 3 is 2.81 bits per heavy atom. The molecule has 1 heterocycles. The molecule has 1 rings (SSSR count). The van der Waals surface area contributed by atoms with Gasteiger partial charge in [0.1, 0.15) is 0 Å². The van der Waals surface area contributed by atoms with Gasteiger partial charge in [-0.2, -0.15) is 16.9 Å². The van der Waals surface area contributed by atoms with E-state index >= 15 is 0 Å². The molecule has 0 radical (unpaired) electrons. The van der Waals surface area contributed by atoms with Crippen LogP contribution >= 0.6 is 11.8 Å². The van der Waals surface area contributed by atoms with Crippen LogP contribution in [0.4, 0.5) is 0 Å². The number of hydrogen-bond acceptors (Lipinski definition) is 3. The van der Waals surface area contributed by atoms with E-state index in [2.05, 4.69) is 48.2 Å². The number of nitrogens with zero attached hydrogens (tertiary/aromatic N) is 2. The summed E-state index contributed by atoms with van der Waals surface area (Å²) in [4.78, 5) is 0. The minimum atomic E-state index is 0.670. The van der Waals surface area contributed by atoms with Gasteiger partial charge in [-0.1, -0.05) is 13.8 Å². The van der Waals surface area contributed by atoms with Crippen LogP contribution in [0.5, 0.6) is 0 Å². The Balaban J connectivity index is 2.49. The fourth-order valence-corrected chi connectivity index (χ4v) is 1.88. The molecule has 1 N–H and O–H groups in total. The summed E-state index contributed by atoms with van der Waals surface area (Å²) in [5.41, 5.74) is 2.49. The largest absolute Gasteiger partial charge is 0.310 e. The highest BCUT2D eigenvalue weighted by Crippen LogP contribution is 2.07. The van der Waals surface area contributed by atoms with Gasteiger partial charge in [0.05, 0.1) is 11.4 Å². The number of nitrogens with one attached hydrogen (secondary N) is 1. The molecule has 0 fully saturated rings. The molecule has 0 aromatic carbocycles. The zero-order valence-electron chi connectivity index (χ0n) is 10.8. The molecule has 0 spiro atoms. The summed E-state index contributed by atoms with van der Waals surface area (Å²) in [7, 11) is 0. The van der Waals surface area contributed by atoms with E-state index < -0.39 is 0 Å². The Kier molecular flexibility index (Phi) is 5.91. The van der Waals surface area contributed by atoms with Gasteiger partial charge in [-0.05, 0) is 25.7 Å². The van der Waals surface area contributed by atoms with Crippen molar-refractivity contribution in [1.82, 2.24) is 15.1 Å². The molecule has 3 nitrogen and oxygen atoms in total. The molecule has 0 saturated carbocycles. The van der Waals surface area contributed by atoms with Crippen LogP contribution in [0, 0.1) is 0 Å². The first-order valence-electron chi connectivity index (χ1n) is 6.00. The Morgan fingerprint density at radius 1 is 1.50 bits per heavy atom. The molecule has 0 aliphatic heterocycles. The summed E-state index contributed by atoms with van der Waals surface area (Å²) in [6.07, 6.45) is 3.17. The van der Waals surface area contributed by atoms with Gasteiger partial charge in [0.2, 0.25) is 0 Å². The van der Waals surface area contributed by atoms with Crippen molar-refractivity contribution in [3.8, 4) is 0 Å². The average Bonchev–Trinajstić information content (AvgIpc) is 2.71. The summed E-state index contributed by atoms with van der Waals surface area (Å²) in [5.74, 6) is 0. The molecule has 0 aliphatic carbocycles. The van der Waals surface area contributed by atoms with E-state index in [1.165, 1.54) is 11.4 Å². The van der Waals surface area contributed by atoms with Gasteiger partial charge in [-0.25, -0.2) is 0 Å². The first kappa shape index (κ1) is 13.6. The van der Waals surface area contributed by atoms with E-state index in [1.807, 2.05) is 11.8 Å². The van der Waals surface area contributed by atoms with E-state index in [4.69, 9.17) is 0 Å². The first-order valence-corrected chi connectivity index (χ1v) is 7.29. The van der Waals surface area contributed by atoms with Crippen LogP contribution in [0.1, 0.15) is 32.2 Å². The van der Waals surface area contributed by atoms with Crippen molar-refractivity contribution in [3.05, 3.63) is 17.5 Å². The fourth-order valence-electron chi connectivity index (χ4n) is 1.59. The van der Waals surface area contributed by atoms with Crippen molar-refractivity contribution in [2.45, 2.75) is 45.5 Å². The van der Waals surface area contributed by atoms with Crippen molar-refractivity contribution >= 4 is 11.8 Å². The van der Waals surface area contributed by atoms with E-state index in [1.54, 1.807) is 0 Å². The van der Waals surface area contributed by atoms with Gasteiger partial charge in [0, 0.05) is 24.9 Å². The lowest BCUT2D eigenvalue weighted by Gasteiger charge is -2.10. The molecule has 0 saturated heterocycles. The molecule has 1 aromatic heterocycles. The highest BCUT2D eigenvalue weighted by atomic mass is 32.2. The van der Waals surface area contributed by atoms with Crippen LogP contribution in [0.15, 0.2) is 6.07 Å². The summed E-state index contributed by atoms with van der Waals surface area (Å²) in [6.45, 7) is 9.46. The van der Waals surface area contributed by atoms with Crippen LogP contribution in [0.25, 0.3) is 0 Å². The number of hydrogen-bond donors (Lipinski definition) is 1. The zero-order chi connectivity index (χ0) is 12.0. The monoisotopic (exact) mass is 241 g/mol. The van der Waals surface area contributed by atoms with E-state index in [-0.39, 0.29) is 0 Å². The third-order valence-corrected chi connectivity index (χ3v) is 3.69. The summed E-state index contributed by atoms with van der Waals surface area (Å²) < 4.78 is 2.09. The van der Waals surface area contributed by atoms with Crippen LogP contribution in [0.2, 0.25) is 0 Å². The van der Waals surface area contributed by atoms with Crippen LogP contribution in [0.3, 0.4) is 0 Å². The second-order valence-corrected chi connectivity index (χ2v) is 5.25. The van der Waals surface area contributed by atoms with Gasteiger partial charge in [-0.3, -0.25) is 4.68 Å². The van der Waals surface area contributed by atoms with E-state index in [9.17, 15) is 0 Å². The average molecular weight is 241 g/mol. The second kappa shape index (κ2) is 6.97. The second-order valence-electron chi connectivity index (χ2n) is 3.97. The van der Waals surface area contributed by atoms with Gasteiger partial charge in [0.25, 0.3) is 0 Å². The van der Waals surface area contributed by atoms with Gasteiger partial charge in [-0.15, -0.1) is 0 Å². The normalized spacial score (nSPS) is 13.0. The molecule has 4 heteroatoms. The van der Waals surface area contributed by atoms with Crippen molar-refractivity contribution in [2.75, 3.05) is 12.8 Å². The van der Waals surface area contributed by atoms with Gasteiger partial charge in [0.15, 0.2) is 0 Å². The Morgan fingerprint density at radius 2 is 2.25 bits per heavy atom. The zero-order valence-corrected chi connectivity index (χ0v) is 11.6. The smallest absolute Gasteiger partial charge is 0.0625 e. The highest BCUT2D eigenvalue weighted by molar-refractivity contribution is 7.99. The van der Waals surface area contributed by atoms with Crippen molar-refractivity contribution in [2.24, 2.45) is 0 Å². The topological polar surface area (TPSA) is 29.9 Å². The van der Waals surface area contributed by atoms with Crippen molar-refractivity contribution in [1.29, 1.82) is 0 Å². The Bertz CT molecular complexity index is 309. The summed E-state index contributed by atoms with van der Waals surface area (Å²) in [5, 5.41) is 8.69.